The number of nitrogens with zero attached hydrogens (tertiary/aromatic N) is 3. The maximum Gasteiger partial charge on any atom is 0.0692 e. The van der Waals surface area contributed by atoms with Crippen LogP contribution in [0.25, 0.3) is 0 Å². The average molecular weight is 257 g/mol. The van der Waals surface area contributed by atoms with E-state index in [1.807, 2.05) is 10.9 Å². The zero-order chi connectivity index (χ0) is 13.1. The van der Waals surface area contributed by atoms with Gasteiger partial charge >= 0.3 is 0 Å². The molecule has 1 aliphatic carbocycles. The summed E-state index contributed by atoms with van der Waals surface area (Å²) in [5, 5.41) is 11.3. The van der Waals surface area contributed by atoms with Crippen molar-refractivity contribution >= 4 is 0 Å². The summed E-state index contributed by atoms with van der Waals surface area (Å²) < 4.78 is 1.86. The van der Waals surface area contributed by atoms with Gasteiger partial charge in [-0.05, 0) is 30.5 Å². The van der Waals surface area contributed by atoms with Gasteiger partial charge < -0.3 is 11.1 Å². The Morgan fingerprint density at radius 2 is 2.16 bits per heavy atom. The Kier molecular flexibility index (Phi) is 3.57. The van der Waals surface area contributed by atoms with E-state index in [1.54, 1.807) is 6.20 Å². The van der Waals surface area contributed by atoms with Gasteiger partial charge in [-0.15, -0.1) is 5.10 Å². The molecule has 3 rings (SSSR count). The van der Waals surface area contributed by atoms with Crippen LogP contribution in [-0.4, -0.2) is 21.5 Å². The van der Waals surface area contributed by atoms with E-state index >= 15 is 0 Å². The molecule has 100 valence electrons. The monoisotopic (exact) mass is 257 g/mol. The third kappa shape index (κ3) is 2.67. The van der Waals surface area contributed by atoms with Crippen LogP contribution >= 0.6 is 0 Å². The van der Waals surface area contributed by atoms with Crippen LogP contribution in [-0.2, 0) is 6.54 Å². The van der Waals surface area contributed by atoms with E-state index in [-0.39, 0.29) is 6.04 Å². The summed E-state index contributed by atoms with van der Waals surface area (Å²) in [7, 11) is 0. The Balaban J connectivity index is 1.51. The maximum absolute atomic E-state index is 6.16. The third-order valence-electron chi connectivity index (χ3n) is 3.69. The zero-order valence-corrected chi connectivity index (χ0v) is 10.9. The molecule has 0 spiro atoms. The predicted molar refractivity (Wildman–Crippen MR) is 73.4 cm³/mol. The molecule has 0 amide bonds. The highest BCUT2D eigenvalue weighted by atomic mass is 15.4. The Labute approximate surface area is 112 Å². The highest BCUT2D eigenvalue weighted by Crippen LogP contribution is 2.36. The number of nitrogens with one attached hydrogen (secondary N) is 1. The number of benzene rings is 1. The van der Waals surface area contributed by atoms with Gasteiger partial charge in [0, 0.05) is 24.8 Å². The highest BCUT2D eigenvalue weighted by Gasteiger charge is 2.27. The molecule has 0 saturated carbocycles. The lowest BCUT2D eigenvalue weighted by Crippen LogP contribution is -2.22. The van der Waals surface area contributed by atoms with Gasteiger partial charge in [-0.1, -0.05) is 29.5 Å². The Hall–Kier alpha value is -1.72. The van der Waals surface area contributed by atoms with Crippen LogP contribution in [0.2, 0.25) is 0 Å². The second-order valence-corrected chi connectivity index (χ2v) is 5.00. The van der Waals surface area contributed by atoms with Gasteiger partial charge in [0.05, 0.1) is 6.20 Å². The molecule has 0 saturated heterocycles. The van der Waals surface area contributed by atoms with Crippen LogP contribution < -0.4 is 11.1 Å². The zero-order valence-electron chi connectivity index (χ0n) is 10.9. The number of nitrogens with two attached hydrogens (primary N) is 1. The minimum atomic E-state index is 0.170. The molecule has 1 aromatic heterocycles. The second kappa shape index (κ2) is 5.50. The molecule has 19 heavy (non-hydrogen) atoms. The lowest BCUT2D eigenvalue weighted by Gasteiger charge is -2.13. The molecule has 1 aliphatic rings. The lowest BCUT2D eigenvalue weighted by atomic mass is 10.1. The fourth-order valence-electron chi connectivity index (χ4n) is 2.74. The molecule has 0 fully saturated rings. The molecule has 2 aromatic rings. The Bertz CT molecular complexity index is 522. The van der Waals surface area contributed by atoms with Gasteiger partial charge in [0.15, 0.2) is 0 Å². The van der Waals surface area contributed by atoms with Gasteiger partial charge in [-0.2, -0.15) is 0 Å². The van der Waals surface area contributed by atoms with Gasteiger partial charge in [-0.3, -0.25) is 4.68 Å². The standard InChI is InChI=1S/C14H19N5/c15-13-10-14(12-5-2-1-4-11(12)13)16-6-3-8-19-9-7-17-18-19/h1-2,4-5,7,9,13-14,16H,3,6,8,10,15H2. The number of hydrogen-bond acceptors (Lipinski definition) is 4. The van der Waals surface area contributed by atoms with Crippen LogP contribution in [0.3, 0.4) is 0 Å². The van der Waals surface area contributed by atoms with Crippen molar-refractivity contribution in [2.75, 3.05) is 6.54 Å². The number of hydrogen-bond donors (Lipinski definition) is 2. The van der Waals surface area contributed by atoms with Crippen molar-refractivity contribution < 1.29 is 0 Å². The number of aryl methyl sites for hydroxylation is 1. The van der Waals surface area contributed by atoms with Crippen LogP contribution in [0, 0.1) is 0 Å². The minimum absolute atomic E-state index is 0.170. The van der Waals surface area contributed by atoms with Crippen LogP contribution in [0.15, 0.2) is 36.7 Å². The summed E-state index contributed by atoms with van der Waals surface area (Å²) in [6, 6.07) is 9.02. The molecule has 2 atom stereocenters. The van der Waals surface area contributed by atoms with E-state index in [1.165, 1.54) is 11.1 Å². The van der Waals surface area contributed by atoms with Crippen LogP contribution in [0.4, 0.5) is 0 Å². The van der Waals surface area contributed by atoms with E-state index < -0.39 is 0 Å². The molecule has 3 N–H and O–H groups in total. The lowest BCUT2D eigenvalue weighted by molar-refractivity contribution is 0.465. The Morgan fingerprint density at radius 3 is 2.95 bits per heavy atom. The fraction of sp³-hybridized carbons (Fsp3) is 0.429. The molecule has 0 bridgehead atoms. The molecule has 5 heteroatoms. The van der Waals surface area contributed by atoms with Crippen LogP contribution in [0.1, 0.15) is 36.1 Å². The average Bonchev–Trinajstić information content (AvgIpc) is 3.04. The molecule has 1 aromatic carbocycles. The largest absolute Gasteiger partial charge is 0.324 e. The van der Waals surface area contributed by atoms with Crippen molar-refractivity contribution in [1.82, 2.24) is 20.3 Å². The van der Waals surface area contributed by atoms with Crippen molar-refractivity contribution in [3.63, 3.8) is 0 Å². The summed E-state index contributed by atoms with van der Waals surface area (Å²) in [4.78, 5) is 0. The summed E-state index contributed by atoms with van der Waals surface area (Å²) in [5.74, 6) is 0. The molecule has 0 radical (unpaired) electrons. The van der Waals surface area contributed by atoms with E-state index in [9.17, 15) is 0 Å². The first-order valence-electron chi connectivity index (χ1n) is 6.76. The highest BCUT2D eigenvalue weighted by molar-refractivity contribution is 5.37. The summed E-state index contributed by atoms with van der Waals surface area (Å²) >= 11 is 0. The quantitative estimate of drug-likeness (QED) is 0.794. The number of fused-ring (bicyclic) bond motifs is 1. The van der Waals surface area contributed by atoms with Crippen molar-refractivity contribution in [2.45, 2.75) is 31.5 Å². The molecular formula is C14H19N5. The van der Waals surface area contributed by atoms with E-state index in [4.69, 9.17) is 5.73 Å². The van der Waals surface area contributed by atoms with Gasteiger partial charge in [0.2, 0.25) is 0 Å². The number of rotatable bonds is 5. The summed E-state index contributed by atoms with van der Waals surface area (Å²) in [5.41, 5.74) is 8.80. The molecule has 2 unspecified atom stereocenters. The van der Waals surface area contributed by atoms with Gasteiger partial charge in [0.1, 0.15) is 0 Å². The second-order valence-electron chi connectivity index (χ2n) is 5.00. The van der Waals surface area contributed by atoms with Gasteiger partial charge in [0.25, 0.3) is 0 Å². The van der Waals surface area contributed by atoms with Crippen molar-refractivity contribution in [1.29, 1.82) is 0 Å². The molecular weight excluding hydrogens is 238 g/mol. The summed E-state index contributed by atoms with van der Waals surface area (Å²) in [6.45, 7) is 1.86. The Morgan fingerprint density at radius 1 is 1.32 bits per heavy atom. The normalized spacial score (nSPS) is 21.5. The van der Waals surface area contributed by atoms with Crippen LogP contribution in [0.5, 0.6) is 0 Å². The summed E-state index contributed by atoms with van der Waals surface area (Å²) in [6.07, 6.45) is 5.63. The first-order chi connectivity index (χ1) is 9.34. The first-order valence-corrected chi connectivity index (χ1v) is 6.76. The maximum atomic E-state index is 6.16. The molecule has 5 nitrogen and oxygen atoms in total. The van der Waals surface area contributed by atoms with Crippen molar-refractivity contribution in [3.05, 3.63) is 47.8 Å². The van der Waals surface area contributed by atoms with E-state index in [0.717, 1.165) is 25.9 Å². The van der Waals surface area contributed by atoms with E-state index in [2.05, 4.69) is 39.9 Å². The third-order valence-corrected chi connectivity index (χ3v) is 3.69. The molecule has 1 heterocycles. The predicted octanol–water partition coefficient (Wildman–Crippen LogP) is 1.40. The topological polar surface area (TPSA) is 68.8 Å². The van der Waals surface area contributed by atoms with Crippen molar-refractivity contribution in [3.8, 4) is 0 Å². The fourth-order valence-corrected chi connectivity index (χ4v) is 2.74. The van der Waals surface area contributed by atoms with E-state index in [0.29, 0.717) is 6.04 Å². The van der Waals surface area contributed by atoms with Gasteiger partial charge in [-0.25, -0.2) is 0 Å². The SMILES string of the molecule is NC1CC(NCCCn2ccnn2)c2ccccc21. The van der Waals surface area contributed by atoms with Crippen molar-refractivity contribution in [2.24, 2.45) is 5.73 Å². The minimum Gasteiger partial charge on any atom is -0.324 e. The number of aromatic nitrogens is 3. The molecule has 0 aliphatic heterocycles. The smallest absolute Gasteiger partial charge is 0.0692 e. The first kappa shape index (κ1) is 12.3.